The summed E-state index contributed by atoms with van der Waals surface area (Å²) in [5, 5.41) is 9.21. The van der Waals surface area contributed by atoms with Gasteiger partial charge in [0.05, 0.1) is 16.3 Å². The highest BCUT2D eigenvalue weighted by molar-refractivity contribution is 7.85. The van der Waals surface area contributed by atoms with E-state index in [2.05, 4.69) is 14.8 Å². The summed E-state index contributed by atoms with van der Waals surface area (Å²) < 4.78 is 33.3. The Hall–Kier alpha value is -4.68. The Morgan fingerprint density at radius 3 is 2.55 bits per heavy atom. The summed E-state index contributed by atoms with van der Waals surface area (Å²) in [4.78, 5) is 20.3. The second kappa shape index (κ2) is 10.8. The molecule has 11 nitrogen and oxygen atoms in total. The molecule has 0 bridgehead atoms. The lowest BCUT2D eigenvalue weighted by Gasteiger charge is -2.10. The molecule has 5 heterocycles. The Morgan fingerprint density at radius 2 is 1.85 bits per heavy atom. The Bertz CT molecular complexity index is 1860. The Labute approximate surface area is 230 Å². The van der Waals surface area contributed by atoms with Crippen LogP contribution in [0, 0.1) is 13.8 Å². The lowest BCUT2D eigenvalue weighted by molar-refractivity contribution is -0.113. The van der Waals surface area contributed by atoms with Gasteiger partial charge < -0.3 is 5.73 Å². The number of rotatable bonds is 5. The lowest BCUT2D eigenvalue weighted by Crippen LogP contribution is -2.06. The number of nitrogens with zero attached hydrogens (tertiary/aromatic N) is 6. The van der Waals surface area contributed by atoms with Gasteiger partial charge in [-0.05, 0) is 69.2 Å². The summed E-state index contributed by atoms with van der Waals surface area (Å²) in [5.41, 5.74) is 13.4. The van der Waals surface area contributed by atoms with Gasteiger partial charge in [0.2, 0.25) is 5.91 Å². The molecule has 0 atom stereocenters. The fourth-order valence-electron chi connectivity index (χ4n) is 4.62. The minimum Gasteiger partial charge on any atom is -0.366 e. The third-order valence-electron chi connectivity index (χ3n) is 6.44. The first-order chi connectivity index (χ1) is 19.1. The van der Waals surface area contributed by atoms with E-state index in [1.807, 2.05) is 44.2 Å². The molecule has 5 aromatic rings. The van der Waals surface area contributed by atoms with Gasteiger partial charge in [0.1, 0.15) is 12.0 Å². The number of nitrogens with two attached hydrogens (primary N) is 1. The molecule has 3 N–H and O–H groups in total. The first-order valence-electron chi connectivity index (χ1n) is 12.5. The second-order valence-electron chi connectivity index (χ2n) is 9.35. The van der Waals surface area contributed by atoms with Crippen molar-refractivity contribution in [2.45, 2.75) is 38.1 Å². The summed E-state index contributed by atoms with van der Waals surface area (Å²) >= 11 is 0. The van der Waals surface area contributed by atoms with Crippen molar-refractivity contribution in [1.29, 1.82) is 0 Å². The van der Waals surface area contributed by atoms with Gasteiger partial charge in [-0.1, -0.05) is 23.8 Å². The van der Waals surface area contributed by atoms with E-state index in [1.165, 1.54) is 24.5 Å². The first-order valence-corrected chi connectivity index (χ1v) is 13.9. The minimum absolute atomic E-state index is 0.0666. The molecule has 1 aliphatic rings. The summed E-state index contributed by atoms with van der Waals surface area (Å²) in [7, 11) is -4.02. The number of carbonyl (C=O) groups is 1. The Kier molecular flexibility index (Phi) is 7.28. The molecule has 40 heavy (non-hydrogen) atoms. The van der Waals surface area contributed by atoms with Crippen LogP contribution in [0.2, 0.25) is 0 Å². The van der Waals surface area contributed by atoms with Crippen LogP contribution in [0.15, 0.2) is 71.9 Å². The van der Waals surface area contributed by atoms with Crippen LogP contribution in [0.5, 0.6) is 0 Å². The molecule has 0 unspecified atom stereocenters. The van der Waals surface area contributed by atoms with Crippen molar-refractivity contribution >= 4 is 27.7 Å². The van der Waals surface area contributed by atoms with E-state index < -0.39 is 16.0 Å². The maximum atomic E-state index is 11.4. The fourth-order valence-corrected chi connectivity index (χ4v) is 5.10. The molecular formula is C28H27N7O4S. The average molecular weight is 558 g/mol. The zero-order valence-corrected chi connectivity index (χ0v) is 22.7. The van der Waals surface area contributed by atoms with E-state index >= 15 is 0 Å². The number of pyridine rings is 2. The van der Waals surface area contributed by atoms with Gasteiger partial charge in [0.25, 0.3) is 10.1 Å². The van der Waals surface area contributed by atoms with Gasteiger partial charge in [-0.3, -0.25) is 19.0 Å². The number of amides is 1. The molecule has 204 valence electrons. The number of hydrogen-bond donors (Lipinski definition) is 2. The molecule has 12 heteroatoms. The molecule has 6 rings (SSSR count). The van der Waals surface area contributed by atoms with Crippen LogP contribution in [0.3, 0.4) is 0 Å². The minimum atomic E-state index is -4.02. The highest BCUT2D eigenvalue weighted by atomic mass is 32.2. The van der Waals surface area contributed by atoms with Crippen molar-refractivity contribution in [3.63, 3.8) is 0 Å². The highest BCUT2D eigenvalue weighted by Gasteiger charge is 2.26. The van der Waals surface area contributed by atoms with Crippen molar-refractivity contribution in [1.82, 2.24) is 29.4 Å². The first kappa shape index (κ1) is 26.9. The zero-order valence-electron chi connectivity index (χ0n) is 21.9. The lowest BCUT2D eigenvalue weighted by atomic mass is 9.98. The molecule has 0 saturated carbocycles. The van der Waals surface area contributed by atoms with Crippen LogP contribution in [0.25, 0.3) is 34.2 Å². The average Bonchev–Trinajstić information content (AvgIpc) is 3.64. The van der Waals surface area contributed by atoms with E-state index in [9.17, 15) is 13.2 Å². The van der Waals surface area contributed by atoms with E-state index in [4.69, 9.17) is 20.4 Å². The summed E-state index contributed by atoms with van der Waals surface area (Å²) in [6.45, 7) is 4.69. The van der Waals surface area contributed by atoms with E-state index in [0.717, 1.165) is 64.5 Å². The molecule has 1 aromatic carbocycles. The maximum absolute atomic E-state index is 11.4. The van der Waals surface area contributed by atoms with Crippen molar-refractivity contribution < 1.29 is 17.8 Å². The van der Waals surface area contributed by atoms with Crippen LogP contribution >= 0.6 is 0 Å². The number of carbonyl (C=O) groups excluding carboxylic acids is 1. The number of fused-ring (bicyclic) bond motifs is 2. The SMILES string of the molecule is Cc1ccc(S(=O)(=O)O)cc1.Cc1cccc(-c2nn3c(c2-c2ccc4ncnn4c2/C=C/C(N)=O)CCC3)n1. The maximum Gasteiger partial charge on any atom is 0.294 e. The van der Waals surface area contributed by atoms with Crippen molar-refractivity contribution in [2.75, 3.05) is 0 Å². The predicted molar refractivity (Wildman–Crippen MR) is 150 cm³/mol. The third kappa shape index (κ3) is 5.53. The van der Waals surface area contributed by atoms with Crippen molar-refractivity contribution in [2.24, 2.45) is 5.73 Å². The van der Waals surface area contributed by atoms with Crippen molar-refractivity contribution in [3.05, 3.63) is 89.6 Å². The molecule has 1 amide bonds. The van der Waals surface area contributed by atoms with Crippen LogP contribution < -0.4 is 5.73 Å². The fraction of sp³-hybridized carbons (Fsp3) is 0.179. The van der Waals surface area contributed by atoms with Crippen LogP contribution in [0.1, 0.15) is 29.1 Å². The number of benzene rings is 1. The normalized spacial score (nSPS) is 12.9. The zero-order chi connectivity index (χ0) is 28.4. The number of aromatic nitrogens is 6. The molecule has 4 aromatic heterocycles. The van der Waals surface area contributed by atoms with Gasteiger partial charge in [0, 0.05) is 35.1 Å². The standard InChI is InChI=1S/C21H19N7O.C7H8O3S/c1-13-4-2-5-15(25-13)21-20(17-6-3-11-27(17)26-21)14-7-10-19-23-12-24-28(19)16(14)8-9-18(22)29;1-6-2-4-7(5-3-6)11(8,9)10/h2,4-5,7-10,12H,3,6,11H2,1H3,(H2,22,29);2-5H,1H3,(H,8,9,10)/b9-8+;. The molecule has 0 fully saturated rings. The van der Waals surface area contributed by atoms with Crippen LogP contribution in [-0.4, -0.2) is 48.2 Å². The largest absolute Gasteiger partial charge is 0.366 e. The summed E-state index contributed by atoms with van der Waals surface area (Å²) in [5.74, 6) is -0.520. The Morgan fingerprint density at radius 1 is 1.07 bits per heavy atom. The quantitative estimate of drug-likeness (QED) is 0.245. The molecule has 0 aliphatic carbocycles. The molecular weight excluding hydrogens is 530 g/mol. The van der Waals surface area contributed by atoms with Gasteiger partial charge >= 0.3 is 0 Å². The number of primary amides is 1. The van der Waals surface area contributed by atoms with Gasteiger partial charge in [-0.2, -0.15) is 18.6 Å². The topological polar surface area (TPSA) is 158 Å². The predicted octanol–water partition coefficient (Wildman–Crippen LogP) is 3.65. The van der Waals surface area contributed by atoms with E-state index in [-0.39, 0.29) is 4.90 Å². The second-order valence-corrected chi connectivity index (χ2v) is 10.8. The summed E-state index contributed by atoms with van der Waals surface area (Å²) in [6.07, 6.45) is 6.50. The van der Waals surface area contributed by atoms with Crippen molar-refractivity contribution in [3.8, 4) is 22.5 Å². The third-order valence-corrected chi connectivity index (χ3v) is 7.31. The monoisotopic (exact) mass is 557 g/mol. The number of aryl methyl sites for hydroxylation is 3. The van der Waals surface area contributed by atoms with Gasteiger partial charge in [-0.25, -0.2) is 9.50 Å². The number of hydrogen-bond acceptors (Lipinski definition) is 7. The van der Waals surface area contributed by atoms with Crippen LogP contribution in [-0.2, 0) is 27.9 Å². The molecule has 0 radical (unpaired) electrons. The van der Waals surface area contributed by atoms with Gasteiger partial charge in [-0.15, -0.1) is 0 Å². The highest BCUT2D eigenvalue weighted by Crippen LogP contribution is 2.39. The smallest absolute Gasteiger partial charge is 0.294 e. The van der Waals surface area contributed by atoms with E-state index in [0.29, 0.717) is 5.65 Å². The molecule has 0 saturated heterocycles. The molecule has 1 aliphatic heterocycles. The Balaban J connectivity index is 0.000000248. The summed E-state index contributed by atoms with van der Waals surface area (Å²) in [6, 6.07) is 15.8. The molecule has 0 spiro atoms. The van der Waals surface area contributed by atoms with E-state index in [1.54, 1.807) is 22.7 Å². The van der Waals surface area contributed by atoms with Crippen LogP contribution in [0.4, 0.5) is 0 Å². The van der Waals surface area contributed by atoms with Gasteiger partial charge in [0.15, 0.2) is 5.65 Å².